The molecule has 106 valence electrons. The van der Waals surface area contributed by atoms with E-state index in [0.717, 1.165) is 21.5 Å². The average Bonchev–Trinajstić information content (AvgIpc) is 2.86. The summed E-state index contributed by atoms with van der Waals surface area (Å²) in [7, 11) is 3.26. The molecule has 1 N–H and O–H groups in total. The van der Waals surface area contributed by atoms with Crippen molar-refractivity contribution in [1.29, 1.82) is 0 Å². The molecule has 5 nitrogen and oxygen atoms in total. The first-order chi connectivity index (χ1) is 9.15. The highest BCUT2D eigenvalue weighted by molar-refractivity contribution is 9.10. The van der Waals surface area contributed by atoms with Gasteiger partial charge in [0.15, 0.2) is 17.8 Å². The van der Waals surface area contributed by atoms with Crippen LogP contribution in [0.25, 0.3) is 0 Å². The molecule has 1 aliphatic rings. The monoisotopic (exact) mass is 331 g/mol. The van der Waals surface area contributed by atoms with E-state index in [1.54, 1.807) is 14.2 Å². The summed E-state index contributed by atoms with van der Waals surface area (Å²) in [5, 5.41) is 3.35. The fourth-order valence-corrected chi connectivity index (χ4v) is 2.61. The molecular formula is C13H18BrNO4. The predicted octanol–water partition coefficient (Wildman–Crippen LogP) is 2.27. The quantitative estimate of drug-likeness (QED) is 0.810. The van der Waals surface area contributed by atoms with Crippen LogP contribution in [-0.2, 0) is 16.0 Å². The van der Waals surface area contributed by atoms with E-state index in [1.807, 2.05) is 19.1 Å². The van der Waals surface area contributed by atoms with Gasteiger partial charge in [-0.2, -0.15) is 0 Å². The van der Waals surface area contributed by atoms with Crippen LogP contribution < -0.4 is 14.8 Å². The molecule has 1 aromatic carbocycles. The van der Waals surface area contributed by atoms with Crippen molar-refractivity contribution in [3.8, 4) is 11.5 Å². The zero-order chi connectivity index (χ0) is 13.8. The summed E-state index contributed by atoms with van der Waals surface area (Å²) in [6, 6.07) is 4.07. The molecule has 19 heavy (non-hydrogen) atoms. The van der Waals surface area contributed by atoms with Crippen molar-refractivity contribution >= 4 is 15.9 Å². The Morgan fingerprint density at radius 2 is 2.05 bits per heavy atom. The number of methoxy groups -OCH3 is 2. The summed E-state index contributed by atoms with van der Waals surface area (Å²) in [6.45, 7) is 2.98. The van der Waals surface area contributed by atoms with Crippen LogP contribution in [0.2, 0.25) is 0 Å². The molecule has 1 aliphatic heterocycles. The van der Waals surface area contributed by atoms with E-state index in [2.05, 4.69) is 21.2 Å². The number of hydrogen-bond donors (Lipinski definition) is 1. The summed E-state index contributed by atoms with van der Waals surface area (Å²) in [5.41, 5.74) is 1.11. The maximum atomic E-state index is 5.39. The molecule has 0 saturated heterocycles. The van der Waals surface area contributed by atoms with Gasteiger partial charge in [0, 0.05) is 20.8 Å². The Bertz CT molecular complexity index is 437. The van der Waals surface area contributed by atoms with E-state index in [1.165, 1.54) is 0 Å². The molecule has 1 heterocycles. The van der Waals surface area contributed by atoms with Gasteiger partial charge in [0.25, 0.3) is 0 Å². The smallest absolute Gasteiger partial charge is 0.231 e. The van der Waals surface area contributed by atoms with Crippen molar-refractivity contribution in [3.63, 3.8) is 0 Å². The molecular weight excluding hydrogens is 314 g/mol. The number of ether oxygens (including phenoxy) is 4. The lowest BCUT2D eigenvalue weighted by Crippen LogP contribution is -2.39. The van der Waals surface area contributed by atoms with E-state index >= 15 is 0 Å². The van der Waals surface area contributed by atoms with Crippen LogP contribution in [0, 0.1) is 0 Å². The number of hydrogen-bond acceptors (Lipinski definition) is 5. The van der Waals surface area contributed by atoms with Gasteiger partial charge in [-0.05, 0) is 40.5 Å². The normalized spacial score (nSPS) is 15.0. The van der Waals surface area contributed by atoms with E-state index in [4.69, 9.17) is 18.9 Å². The van der Waals surface area contributed by atoms with Crippen molar-refractivity contribution in [1.82, 2.24) is 5.32 Å². The summed E-state index contributed by atoms with van der Waals surface area (Å²) < 4.78 is 22.1. The predicted molar refractivity (Wildman–Crippen MR) is 74.4 cm³/mol. The largest absolute Gasteiger partial charge is 0.454 e. The van der Waals surface area contributed by atoms with E-state index in [-0.39, 0.29) is 19.1 Å². The molecule has 0 amide bonds. The van der Waals surface area contributed by atoms with Crippen LogP contribution in [0.1, 0.15) is 12.5 Å². The number of fused-ring (bicyclic) bond motifs is 1. The summed E-state index contributed by atoms with van der Waals surface area (Å²) in [6.07, 6.45) is -0.266. The Hall–Kier alpha value is -0.820. The molecule has 1 atom stereocenters. The highest BCUT2D eigenvalue weighted by Gasteiger charge is 2.19. The molecule has 0 aliphatic carbocycles. The van der Waals surface area contributed by atoms with Crippen LogP contribution >= 0.6 is 15.9 Å². The topological polar surface area (TPSA) is 49.0 Å². The molecule has 6 heteroatoms. The van der Waals surface area contributed by atoms with Gasteiger partial charge in [-0.15, -0.1) is 0 Å². The molecule has 0 bridgehead atoms. The second-order valence-electron chi connectivity index (χ2n) is 4.32. The van der Waals surface area contributed by atoms with Gasteiger partial charge < -0.3 is 24.3 Å². The van der Waals surface area contributed by atoms with Gasteiger partial charge in [-0.1, -0.05) is 0 Å². The SMILES string of the molecule is COC(OC)C(C)NCc1cc(Br)c2c(c1)OCO2. The van der Waals surface area contributed by atoms with Crippen LogP contribution in [-0.4, -0.2) is 33.3 Å². The van der Waals surface area contributed by atoms with E-state index in [0.29, 0.717) is 6.54 Å². The molecule has 0 spiro atoms. The van der Waals surface area contributed by atoms with Gasteiger partial charge in [-0.25, -0.2) is 0 Å². The van der Waals surface area contributed by atoms with Gasteiger partial charge in [-0.3, -0.25) is 0 Å². The highest BCUT2D eigenvalue weighted by Crippen LogP contribution is 2.39. The molecule has 1 unspecified atom stereocenters. The minimum Gasteiger partial charge on any atom is -0.454 e. The third-order valence-corrected chi connectivity index (χ3v) is 3.58. The van der Waals surface area contributed by atoms with Crippen molar-refractivity contribution in [2.45, 2.75) is 25.8 Å². The summed E-state index contributed by atoms with van der Waals surface area (Å²) in [4.78, 5) is 0. The first kappa shape index (κ1) is 14.6. The van der Waals surface area contributed by atoms with Crippen molar-refractivity contribution in [3.05, 3.63) is 22.2 Å². The van der Waals surface area contributed by atoms with Crippen LogP contribution in [0.15, 0.2) is 16.6 Å². The maximum Gasteiger partial charge on any atom is 0.231 e. The number of nitrogens with one attached hydrogen (secondary N) is 1. The van der Waals surface area contributed by atoms with Crippen LogP contribution in [0.4, 0.5) is 0 Å². The third kappa shape index (κ3) is 3.39. The molecule has 0 fully saturated rings. The number of halogens is 1. The number of benzene rings is 1. The maximum absolute atomic E-state index is 5.39. The van der Waals surface area contributed by atoms with E-state index < -0.39 is 0 Å². The zero-order valence-corrected chi connectivity index (χ0v) is 12.8. The fourth-order valence-electron chi connectivity index (χ4n) is 2.00. The fraction of sp³-hybridized carbons (Fsp3) is 0.538. The van der Waals surface area contributed by atoms with Gasteiger partial charge in [0.1, 0.15) is 0 Å². The lowest BCUT2D eigenvalue weighted by atomic mass is 10.2. The molecule has 1 aromatic rings. The van der Waals surface area contributed by atoms with Crippen molar-refractivity contribution < 1.29 is 18.9 Å². The molecule has 0 saturated carbocycles. The second-order valence-corrected chi connectivity index (χ2v) is 5.18. The lowest BCUT2D eigenvalue weighted by molar-refractivity contribution is -0.119. The molecule has 0 aromatic heterocycles. The van der Waals surface area contributed by atoms with Crippen molar-refractivity contribution in [2.75, 3.05) is 21.0 Å². The van der Waals surface area contributed by atoms with Gasteiger partial charge in [0.2, 0.25) is 6.79 Å². The Morgan fingerprint density at radius 3 is 2.74 bits per heavy atom. The Morgan fingerprint density at radius 1 is 1.32 bits per heavy atom. The third-order valence-electron chi connectivity index (χ3n) is 2.99. The standard InChI is InChI=1S/C13H18BrNO4/c1-8(13(16-2)17-3)15-6-9-4-10(14)12-11(5-9)18-7-19-12/h4-5,8,13,15H,6-7H2,1-3H3. The molecule has 2 rings (SSSR count). The summed E-state index contributed by atoms with van der Waals surface area (Å²) >= 11 is 3.48. The average molecular weight is 332 g/mol. The second kappa shape index (κ2) is 6.56. The Labute approximate surface area is 121 Å². The number of rotatable bonds is 6. The van der Waals surface area contributed by atoms with Crippen LogP contribution in [0.3, 0.4) is 0 Å². The first-order valence-electron chi connectivity index (χ1n) is 6.02. The Balaban J connectivity index is 1.98. The summed E-state index contributed by atoms with van der Waals surface area (Å²) in [5.74, 6) is 1.54. The highest BCUT2D eigenvalue weighted by atomic mass is 79.9. The van der Waals surface area contributed by atoms with Crippen molar-refractivity contribution in [2.24, 2.45) is 0 Å². The first-order valence-corrected chi connectivity index (χ1v) is 6.82. The minimum absolute atomic E-state index is 0.0826. The zero-order valence-electron chi connectivity index (χ0n) is 11.2. The minimum atomic E-state index is -0.266. The van der Waals surface area contributed by atoms with Gasteiger partial charge in [0.05, 0.1) is 10.5 Å². The Kier molecular flexibility index (Phi) is 5.04. The van der Waals surface area contributed by atoms with E-state index in [9.17, 15) is 0 Å². The van der Waals surface area contributed by atoms with Gasteiger partial charge >= 0.3 is 0 Å². The molecule has 0 radical (unpaired) electrons. The lowest BCUT2D eigenvalue weighted by Gasteiger charge is -2.22. The van der Waals surface area contributed by atoms with Crippen LogP contribution in [0.5, 0.6) is 11.5 Å².